The predicted octanol–water partition coefficient (Wildman–Crippen LogP) is 6.67. The van der Waals surface area contributed by atoms with E-state index in [0.717, 1.165) is 16.5 Å². The number of benzene rings is 3. The Hall–Kier alpha value is -3.74. The van der Waals surface area contributed by atoms with E-state index in [1.165, 1.54) is 0 Å². The molecule has 0 atom stereocenters. The van der Waals surface area contributed by atoms with Gasteiger partial charge in [-0.15, -0.1) is 0 Å². The van der Waals surface area contributed by atoms with Gasteiger partial charge in [-0.3, -0.25) is 4.79 Å². The van der Waals surface area contributed by atoms with Crippen LogP contribution in [0.15, 0.2) is 78.5 Å². The number of nitrogens with two attached hydrogens (primary N) is 1. The third kappa shape index (κ3) is 5.82. The Kier molecular flexibility index (Phi) is 7.91. The second-order valence-corrected chi connectivity index (χ2v) is 9.78. The van der Waals surface area contributed by atoms with Crippen LogP contribution in [0.3, 0.4) is 0 Å². The monoisotopic (exact) mass is 536 g/mol. The lowest BCUT2D eigenvalue weighted by Gasteiger charge is -2.16. The zero-order chi connectivity index (χ0) is 26.7. The molecule has 4 rings (SSSR count). The van der Waals surface area contributed by atoms with E-state index in [-0.39, 0.29) is 29.6 Å². The molecule has 0 fully saturated rings. The molecule has 37 heavy (non-hydrogen) atoms. The average molecular weight is 537 g/mol. The minimum absolute atomic E-state index is 0.0352. The van der Waals surface area contributed by atoms with E-state index in [2.05, 4.69) is 4.57 Å². The van der Waals surface area contributed by atoms with Crippen LogP contribution in [-0.4, -0.2) is 28.0 Å². The van der Waals surface area contributed by atoms with Crippen LogP contribution in [0, 0.1) is 5.92 Å². The van der Waals surface area contributed by atoms with Crippen LogP contribution in [0.4, 0.5) is 0 Å². The van der Waals surface area contributed by atoms with Crippen molar-refractivity contribution in [2.75, 3.05) is 6.61 Å². The second-order valence-electron chi connectivity index (χ2n) is 8.96. The molecule has 0 aliphatic rings. The molecule has 3 aromatic carbocycles. The number of hydrogen-bond donors (Lipinski definition) is 2. The van der Waals surface area contributed by atoms with Crippen LogP contribution in [-0.2, 0) is 11.3 Å². The molecule has 1 aromatic heterocycles. The first-order valence-electron chi connectivity index (χ1n) is 11.7. The Morgan fingerprint density at radius 2 is 1.68 bits per heavy atom. The Bertz CT molecular complexity index is 1480. The van der Waals surface area contributed by atoms with Gasteiger partial charge in [0.15, 0.2) is 5.78 Å². The van der Waals surface area contributed by atoms with Gasteiger partial charge in [-0.2, -0.15) is 0 Å². The summed E-state index contributed by atoms with van der Waals surface area (Å²) in [6.07, 6.45) is 1.96. The summed E-state index contributed by atoms with van der Waals surface area (Å²) in [5.41, 5.74) is 9.58. The standard InChI is InChI=1S/C29H26Cl2N2O4/c1-17(2)28(34)22(27(32)26-23(30)4-3-5-24(26)31)16-37-21-10-11-25-20(14-21)12-13-33(25)15-18-6-8-19(9-7-18)29(35)36/h3-14,17H,15-16,32H2,1-2H3,(H,35,36)/b27-22-. The Labute approximate surface area is 224 Å². The summed E-state index contributed by atoms with van der Waals surface area (Å²) in [6, 6.07) is 19.5. The first kappa shape index (κ1) is 26.3. The lowest BCUT2D eigenvalue weighted by Crippen LogP contribution is -2.21. The van der Waals surface area contributed by atoms with E-state index >= 15 is 0 Å². The summed E-state index contributed by atoms with van der Waals surface area (Å²) in [5, 5.41) is 10.8. The number of halogens is 2. The van der Waals surface area contributed by atoms with E-state index < -0.39 is 5.97 Å². The van der Waals surface area contributed by atoms with Crippen molar-refractivity contribution in [3.05, 3.63) is 105 Å². The number of ether oxygens (including phenoxy) is 1. The molecule has 6 nitrogen and oxygen atoms in total. The molecule has 1 heterocycles. The number of aromatic nitrogens is 1. The van der Waals surface area contributed by atoms with Crippen molar-refractivity contribution in [3.8, 4) is 5.75 Å². The van der Waals surface area contributed by atoms with Crippen LogP contribution in [0.5, 0.6) is 5.75 Å². The van der Waals surface area contributed by atoms with Crippen molar-refractivity contribution in [2.45, 2.75) is 20.4 Å². The van der Waals surface area contributed by atoms with E-state index in [1.54, 1.807) is 44.2 Å². The van der Waals surface area contributed by atoms with Gasteiger partial charge in [0.2, 0.25) is 0 Å². The van der Waals surface area contributed by atoms with Crippen LogP contribution in [0.25, 0.3) is 16.6 Å². The lowest BCUT2D eigenvalue weighted by molar-refractivity contribution is -0.118. The fourth-order valence-corrected chi connectivity index (χ4v) is 4.65. The third-order valence-corrected chi connectivity index (χ3v) is 6.69. The maximum Gasteiger partial charge on any atom is 0.335 e. The van der Waals surface area contributed by atoms with Crippen LogP contribution < -0.4 is 10.5 Å². The minimum Gasteiger partial charge on any atom is -0.489 e. The number of carbonyl (C=O) groups excluding carboxylic acids is 1. The van der Waals surface area contributed by atoms with Gasteiger partial charge >= 0.3 is 5.97 Å². The quantitative estimate of drug-likeness (QED) is 0.233. The number of aromatic carboxylic acids is 1. The molecular weight excluding hydrogens is 511 g/mol. The predicted molar refractivity (Wildman–Crippen MR) is 147 cm³/mol. The van der Waals surface area contributed by atoms with Crippen molar-refractivity contribution in [2.24, 2.45) is 11.7 Å². The maximum absolute atomic E-state index is 13.0. The summed E-state index contributed by atoms with van der Waals surface area (Å²) in [4.78, 5) is 24.1. The Morgan fingerprint density at radius 1 is 1.00 bits per heavy atom. The molecule has 0 unspecified atom stereocenters. The first-order chi connectivity index (χ1) is 17.7. The van der Waals surface area contributed by atoms with Crippen molar-refractivity contribution in [1.29, 1.82) is 0 Å². The lowest BCUT2D eigenvalue weighted by atomic mass is 9.97. The smallest absolute Gasteiger partial charge is 0.335 e. The minimum atomic E-state index is -0.949. The number of Topliss-reactive ketones (excluding diaryl/α,β-unsaturated/α-hetero) is 1. The highest BCUT2D eigenvalue weighted by Crippen LogP contribution is 2.31. The van der Waals surface area contributed by atoms with Gasteiger partial charge in [0.25, 0.3) is 0 Å². The molecule has 0 radical (unpaired) electrons. The summed E-state index contributed by atoms with van der Waals surface area (Å²) < 4.78 is 8.09. The first-order valence-corrected chi connectivity index (χ1v) is 12.4. The zero-order valence-corrected chi connectivity index (χ0v) is 21.9. The number of carboxylic acids is 1. The van der Waals surface area contributed by atoms with Gasteiger partial charge in [-0.25, -0.2) is 4.79 Å². The number of nitrogens with zero attached hydrogens (tertiary/aromatic N) is 1. The molecule has 0 amide bonds. The summed E-state index contributed by atoms with van der Waals surface area (Å²) in [6.45, 7) is 4.16. The molecule has 8 heteroatoms. The molecule has 3 N–H and O–H groups in total. The van der Waals surface area contributed by atoms with Crippen molar-refractivity contribution in [3.63, 3.8) is 0 Å². The fourth-order valence-electron chi connectivity index (χ4n) is 4.05. The molecule has 0 aliphatic carbocycles. The van der Waals surface area contributed by atoms with Crippen molar-refractivity contribution in [1.82, 2.24) is 4.57 Å². The molecule has 190 valence electrons. The molecule has 0 saturated carbocycles. The Balaban J connectivity index is 1.57. The number of carboxylic acid groups (broad SMARTS) is 1. The van der Waals surface area contributed by atoms with Crippen LogP contribution in [0.1, 0.15) is 35.3 Å². The van der Waals surface area contributed by atoms with E-state index in [4.69, 9.17) is 38.8 Å². The van der Waals surface area contributed by atoms with Gasteiger partial charge < -0.3 is 20.1 Å². The van der Waals surface area contributed by atoms with Gasteiger partial charge in [-0.1, -0.05) is 55.2 Å². The van der Waals surface area contributed by atoms with Gasteiger partial charge in [0, 0.05) is 35.1 Å². The normalized spacial score (nSPS) is 12.0. The van der Waals surface area contributed by atoms with Gasteiger partial charge in [-0.05, 0) is 54.1 Å². The van der Waals surface area contributed by atoms with E-state index in [9.17, 15) is 9.59 Å². The largest absolute Gasteiger partial charge is 0.489 e. The molecule has 0 aliphatic heterocycles. The maximum atomic E-state index is 13.0. The highest BCUT2D eigenvalue weighted by atomic mass is 35.5. The topological polar surface area (TPSA) is 94.5 Å². The Morgan fingerprint density at radius 3 is 2.30 bits per heavy atom. The van der Waals surface area contributed by atoms with Crippen LogP contribution >= 0.6 is 23.2 Å². The summed E-state index contributed by atoms with van der Waals surface area (Å²) in [5.74, 6) is -0.799. The number of rotatable bonds is 9. The average Bonchev–Trinajstić information content (AvgIpc) is 3.26. The van der Waals surface area contributed by atoms with E-state index in [1.807, 2.05) is 42.6 Å². The highest BCUT2D eigenvalue weighted by Gasteiger charge is 2.22. The zero-order valence-electron chi connectivity index (χ0n) is 20.4. The SMILES string of the molecule is CC(C)C(=O)/C(COc1ccc2c(ccn2Cc2ccc(C(=O)O)cc2)c1)=C(\N)c1c(Cl)cccc1Cl. The number of ketones is 1. The van der Waals surface area contributed by atoms with Crippen molar-refractivity contribution >= 4 is 51.6 Å². The van der Waals surface area contributed by atoms with Crippen molar-refractivity contribution < 1.29 is 19.4 Å². The molecule has 0 saturated heterocycles. The molecule has 0 spiro atoms. The molecule has 4 aromatic rings. The number of hydrogen-bond acceptors (Lipinski definition) is 4. The highest BCUT2D eigenvalue weighted by molar-refractivity contribution is 6.37. The molecule has 0 bridgehead atoms. The third-order valence-electron chi connectivity index (χ3n) is 6.06. The molecular formula is C29H26Cl2N2O4. The number of carbonyl (C=O) groups is 2. The fraction of sp³-hybridized carbons (Fsp3) is 0.172. The van der Waals surface area contributed by atoms with E-state index in [0.29, 0.717) is 33.5 Å². The number of fused-ring (bicyclic) bond motifs is 1. The summed E-state index contributed by atoms with van der Waals surface area (Å²) in [7, 11) is 0. The van der Waals surface area contributed by atoms with Crippen LogP contribution in [0.2, 0.25) is 10.0 Å². The summed E-state index contributed by atoms with van der Waals surface area (Å²) >= 11 is 12.7. The van der Waals surface area contributed by atoms with Gasteiger partial charge in [0.05, 0.1) is 26.9 Å². The second kappa shape index (κ2) is 11.1. The van der Waals surface area contributed by atoms with Gasteiger partial charge in [0.1, 0.15) is 12.4 Å².